The number of aliphatic hydroxyl groups is 2. The lowest BCUT2D eigenvalue weighted by Gasteiger charge is -2.22. The van der Waals surface area contributed by atoms with Crippen molar-refractivity contribution in [1.29, 1.82) is 0 Å². The number of esters is 1. The molecule has 0 aliphatic carbocycles. The molecular weight excluding hydrogens is 923 g/mol. The van der Waals surface area contributed by atoms with Gasteiger partial charge in [-0.25, -0.2) is 0 Å². The fourth-order valence-electron chi connectivity index (χ4n) is 10.8. The number of allylic oxidation sites excluding steroid dienone is 4. The molecule has 0 aliphatic heterocycles. The minimum Gasteiger partial charge on any atom is -0.466 e. The number of nitrogens with one attached hydrogen (secondary N) is 1. The minimum atomic E-state index is -0.661. The van der Waals surface area contributed by atoms with E-state index >= 15 is 0 Å². The van der Waals surface area contributed by atoms with Crippen LogP contribution in [0.2, 0.25) is 0 Å². The number of carbonyl (C=O) groups is 2. The predicted octanol–water partition coefficient (Wildman–Crippen LogP) is 21.8. The molecule has 444 valence electrons. The first-order valence-corrected chi connectivity index (χ1v) is 34.1. The summed E-state index contributed by atoms with van der Waals surface area (Å²) in [4.78, 5) is 24.6. The molecule has 6 nitrogen and oxygen atoms in total. The maximum atomic E-state index is 12.5. The van der Waals surface area contributed by atoms with Gasteiger partial charge in [-0.2, -0.15) is 0 Å². The summed E-state index contributed by atoms with van der Waals surface area (Å²) in [7, 11) is 0. The van der Waals surface area contributed by atoms with Gasteiger partial charge in [-0.1, -0.05) is 334 Å². The largest absolute Gasteiger partial charge is 0.466 e. The Morgan fingerprint density at radius 2 is 0.667 bits per heavy atom. The quantitative estimate of drug-likeness (QED) is 0.0320. The summed E-state index contributed by atoms with van der Waals surface area (Å²) in [5.41, 5.74) is 0. The standard InChI is InChI=1S/C69H133NO5/c1-3-5-7-9-11-13-15-17-19-35-39-43-47-51-55-59-63-69(74)75-64-60-56-52-48-44-40-36-33-31-29-27-25-23-21-20-22-24-26-28-30-32-34-38-42-46-50-54-58-62-68(73)70-66(65-71)67(72)61-57-53-49-45-41-37-18-16-14-12-10-8-6-4-2/h13,15,19,35,66-67,71-72H,3-12,14,16-18,20-34,36-65H2,1-2H3,(H,70,73)/b15-13-,35-19-. The molecule has 3 N–H and O–H groups in total. The van der Waals surface area contributed by atoms with Crippen molar-refractivity contribution in [3.63, 3.8) is 0 Å². The van der Waals surface area contributed by atoms with Crippen molar-refractivity contribution in [2.24, 2.45) is 0 Å². The maximum Gasteiger partial charge on any atom is 0.305 e. The van der Waals surface area contributed by atoms with Crippen LogP contribution in [0.4, 0.5) is 0 Å². The Balaban J connectivity index is 3.33. The highest BCUT2D eigenvalue weighted by Crippen LogP contribution is 2.19. The molecular formula is C69H133NO5. The lowest BCUT2D eigenvalue weighted by atomic mass is 10.0. The van der Waals surface area contributed by atoms with Crippen molar-refractivity contribution in [2.45, 2.75) is 392 Å². The highest BCUT2D eigenvalue weighted by Gasteiger charge is 2.20. The molecule has 2 atom stereocenters. The molecule has 0 radical (unpaired) electrons. The Morgan fingerprint density at radius 3 is 1.03 bits per heavy atom. The molecule has 0 spiro atoms. The van der Waals surface area contributed by atoms with Crippen LogP contribution in [0, 0.1) is 0 Å². The van der Waals surface area contributed by atoms with Gasteiger partial charge in [0.2, 0.25) is 5.91 Å². The molecule has 0 rings (SSSR count). The summed E-state index contributed by atoms with van der Waals surface area (Å²) in [5, 5.41) is 23.3. The summed E-state index contributed by atoms with van der Waals surface area (Å²) in [6.07, 6.45) is 80.7. The second kappa shape index (κ2) is 64.9. The number of carbonyl (C=O) groups excluding carboxylic acids is 2. The van der Waals surface area contributed by atoms with Crippen LogP contribution >= 0.6 is 0 Å². The average Bonchev–Trinajstić information content (AvgIpc) is 3.41. The topological polar surface area (TPSA) is 95.9 Å². The number of ether oxygens (including phenoxy) is 1. The molecule has 1 amide bonds. The number of hydrogen-bond acceptors (Lipinski definition) is 5. The fourth-order valence-corrected chi connectivity index (χ4v) is 10.8. The molecule has 0 heterocycles. The SMILES string of the molecule is CCCCCC/C=C\C/C=C\CCCCCCCC(=O)OCCCCCCCCCCCCCCCCCCCCCCCCCCCCCCC(=O)NC(CO)C(O)CCCCCCCCCCCCCCCC. The van der Waals surface area contributed by atoms with Gasteiger partial charge < -0.3 is 20.3 Å². The van der Waals surface area contributed by atoms with Gasteiger partial charge in [-0.3, -0.25) is 9.59 Å². The molecule has 6 heteroatoms. The van der Waals surface area contributed by atoms with E-state index in [2.05, 4.69) is 43.5 Å². The first-order chi connectivity index (χ1) is 37.0. The van der Waals surface area contributed by atoms with Gasteiger partial charge in [0, 0.05) is 12.8 Å². The van der Waals surface area contributed by atoms with Crippen LogP contribution in [0.25, 0.3) is 0 Å². The Hall–Kier alpha value is -1.66. The zero-order valence-electron chi connectivity index (χ0n) is 50.8. The van der Waals surface area contributed by atoms with E-state index in [9.17, 15) is 19.8 Å². The van der Waals surface area contributed by atoms with Crippen LogP contribution in [0.1, 0.15) is 380 Å². The summed E-state index contributed by atoms with van der Waals surface area (Å²) in [6.45, 7) is 4.96. The monoisotopic (exact) mass is 1060 g/mol. The van der Waals surface area contributed by atoms with E-state index in [-0.39, 0.29) is 18.5 Å². The molecule has 0 aromatic carbocycles. The maximum absolute atomic E-state index is 12.5. The summed E-state index contributed by atoms with van der Waals surface area (Å²) >= 11 is 0. The fraction of sp³-hybridized carbons (Fsp3) is 0.913. The Labute approximate surface area is 469 Å². The zero-order chi connectivity index (χ0) is 54.3. The molecule has 0 bridgehead atoms. The molecule has 0 aromatic heterocycles. The first-order valence-electron chi connectivity index (χ1n) is 34.1. The Kier molecular flexibility index (Phi) is 63.4. The van der Waals surface area contributed by atoms with E-state index in [0.29, 0.717) is 25.9 Å². The van der Waals surface area contributed by atoms with Gasteiger partial charge in [0.05, 0.1) is 25.4 Å². The lowest BCUT2D eigenvalue weighted by Crippen LogP contribution is -2.45. The molecule has 2 unspecified atom stereocenters. The minimum absolute atomic E-state index is 0.00585. The van der Waals surface area contributed by atoms with Crippen molar-refractivity contribution in [3.8, 4) is 0 Å². The molecule has 0 fully saturated rings. The zero-order valence-corrected chi connectivity index (χ0v) is 50.8. The number of unbranched alkanes of at least 4 members (excludes halogenated alkanes) is 49. The third kappa shape index (κ3) is 61.4. The van der Waals surface area contributed by atoms with Crippen molar-refractivity contribution >= 4 is 11.9 Å². The smallest absolute Gasteiger partial charge is 0.305 e. The molecule has 0 aromatic rings. The first kappa shape index (κ1) is 73.3. The van der Waals surface area contributed by atoms with Crippen LogP contribution in [-0.4, -0.2) is 47.4 Å². The molecule has 75 heavy (non-hydrogen) atoms. The normalized spacial score (nSPS) is 12.6. The Bertz CT molecular complexity index is 1170. The third-order valence-corrected chi connectivity index (χ3v) is 16.0. The number of aliphatic hydroxyl groups excluding tert-OH is 2. The van der Waals surface area contributed by atoms with Crippen LogP contribution < -0.4 is 5.32 Å². The number of hydrogen-bond donors (Lipinski definition) is 3. The van der Waals surface area contributed by atoms with E-state index in [1.807, 2.05) is 0 Å². The summed E-state index contributed by atoms with van der Waals surface area (Å²) in [5.74, 6) is -0.0238. The summed E-state index contributed by atoms with van der Waals surface area (Å²) in [6, 6.07) is -0.538. The second-order valence-corrected chi connectivity index (χ2v) is 23.5. The van der Waals surface area contributed by atoms with Crippen molar-refractivity contribution in [3.05, 3.63) is 24.3 Å². The van der Waals surface area contributed by atoms with Gasteiger partial charge in [0.1, 0.15) is 0 Å². The van der Waals surface area contributed by atoms with E-state index < -0.39 is 12.1 Å². The van der Waals surface area contributed by atoms with Crippen LogP contribution in [-0.2, 0) is 14.3 Å². The molecule has 0 aliphatic rings. The van der Waals surface area contributed by atoms with Gasteiger partial charge in [0.25, 0.3) is 0 Å². The van der Waals surface area contributed by atoms with Crippen LogP contribution in [0.15, 0.2) is 24.3 Å². The van der Waals surface area contributed by atoms with Gasteiger partial charge in [-0.15, -0.1) is 0 Å². The highest BCUT2D eigenvalue weighted by molar-refractivity contribution is 5.76. The van der Waals surface area contributed by atoms with Crippen molar-refractivity contribution in [2.75, 3.05) is 13.2 Å². The van der Waals surface area contributed by atoms with Gasteiger partial charge in [-0.05, 0) is 57.8 Å². The average molecular weight is 1060 g/mol. The second-order valence-electron chi connectivity index (χ2n) is 23.5. The number of amides is 1. The van der Waals surface area contributed by atoms with E-state index in [1.165, 1.54) is 295 Å². The van der Waals surface area contributed by atoms with Crippen LogP contribution in [0.5, 0.6) is 0 Å². The van der Waals surface area contributed by atoms with E-state index in [4.69, 9.17) is 4.74 Å². The van der Waals surface area contributed by atoms with Gasteiger partial charge in [0.15, 0.2) is 0 Å². The van der Waals surface area contributed by atoms with Gasteiger partial charge >= 0.3 is 5.97 Å². The number of rotatable bonds is 64. The van der Waals surface area contributed by atoms with Crippen LogP contribution in [0.3, 0.4) is 0 Å². The highest BCUT2D eigenvalue weighted by atomic mass is 16.5. The molecule has 0 saturated carbocycles. The third-order valence-electron chi connectivity index (χ3n) is 16.0. The Morgan fingerprint density at radius 1 is 0.373 bits per heavy atom. The van der Waals surface area contributed by atoms with Crippen molar-refractivity contribution in [1.82, 2.24) is 5.32 Å². The van der Waals surface area contributed by atoms with Crippen molar-refractivity contribution < 1.29 is 24.5 Å². The predicted molar refractivity (Wildman–Crippen MR) is 329 cm³/mol. The van der Waals surface area contributed by atoms with E-state index in [0.717, 1.165) is 51.4 Å². The summed E-state index contributed by atoms with van der Waals surface area (Å²) < 4.78 is 5.49. The molecule has 0 saturated heterocycles. The lowest BCUT2D eigenvalue weighted by molar-refractivity contribution is -0.143. The van der Waals surface area contributed by atoms with E-state index in [1.54, 1.807) is 0 Å².